The summed E-state index contributed by atoms with van der Waals surface area (Å²) in [4.78, 5) is 21.1. The molecule has 1 unspecified atom stereocenters. The number of halogens is 1. The number of piperazine rings is 1. The number of H-pyrrole nitrogens is 1. The van der Waals surface area contributed by atoms with Crippen LogP contribution in [0.2, 0.25) is 0 Å². The first-order valence-corrected chi connectivity index (χ1v) is 9.82. The van der Waals surface area contributed by atoms with Crippen LogP contribution in [-0.4, -0.2) is 47.9 Å². The van der Waals surface area contributed by atoms with Crippen LogP contribution in [0.3, 0.4) is 0 Å². The van der Waals surface area contributed by atoms with Crippen LogP contribution in [-0.2, 0) is 0 Å². The molecule has 5 heteroatoms. The number of aromatic nitrogens is 1. The van der Waals surface area contributed by atoms with Gasteiger partial charge in [-0.25, -0.2) is 4.39 Å². The van der Waals surface area contributed by atoms with Crippen molar-refractivity contribution < 1.29 is 9.18 Å². The average molecular weight is 379 g/mol. The van der Waals surface area contributed by atoms with Crippen molar-refractivity contribution in [2.75, 3.05) is 31.1 Å². The van der Waals surface area contributed by atoms with Crippen LogP contribution in [0.1, 0.15) is 28.5 Å². The maximum atomic E-state index is 13.3. The Kier molecular flexibility index (Phi) is 4.94. The van der Waals surface area contributed by atoms with Gasteiger partial charge in [0.05, 0.1) is 6.04 Å². The van der Waals surface area contributed by atoms with Crippen molar-refractivity contribution in [2.24, 2.45) is 0 Å². The van der Waals surface area contributed by atoms with Crippen LogP contribution in [0.4, 0.5) is 10.1 Å². The molecule has 146 valence electrons. The molecule has 1 aromatic heterocycles. The number of ketones is 1. The fourth-order valence-corrected chi connectivity index (χ4v) is 4.16. The molecule has 1 aliphatic rings. The van der Waals surface area contributed by atoms with Crippen LogP contribution >= 0.6 is 0 Å². The molecule has 0 spiro atoms. The first-order valence-electron chi connectivity index (χ1n) is 9.82. The number of carbonyl (C=O) groups excluding carboxylic acids is 1. The molecule has 28 heavy (non-hydrogen) atoms. The van der Waals surface area contributed by atoms with E-state index in [-0.39, 0.29) is 17.6 Å². The number of rotatable bonds is 4. The summed E-state index contributed by atoms with van der Waals surface area (Å²) in [6.45, 7) is 9.31. The number of anilines is 1. The highest BCUT2D eigenvalue weighted by Gasteiger charge is 2.28. The third kappa shape index (κ3) is 3.42. The average Bonchev–Trinajstić information content (AvgIpc) is 3.02. The van der Waals surface area contributed by atoms with Gasteiger partial charge in [0, 0.05) is 54.0 Å². The molecule has 0 aliphatic carbocycles. The minimum absolute atomic E-state index is 0.169. The number of carbonyl (C=O) groups is 1. The molecular formula is C23H26FN3O. The number of fused-ring (bicyclic) bond motifs is 1. The van der Waals surface area contributed by atoms with Crippen molar-refractivity contribution in [1.82, 2.24) is 9.88 Å². The molecule has 0 bridgehead atoms. The van der Waals surface area contributed by atoms with E-state index in [4.69, 9.17) is 0 Å². The lowest BCUT2D eigenvalue weighted by molar-refractivity contribution is 0.0831. The normalized spacial score (nSPS) is 16.5. The SMILES string of the molecule is Cc1ccc2c(C(=O)C(C)N3CCN(c4ccc(F)cc4)CC3)c(C)[nH]c2c1. The Morgan fingerprint density at radius 3 is 2.39 bits per heavy atom. The Bertz CT molecular complexity index is 1000. The Labute approximate surface area is 165 Å². The van der Waals surface area contributed by atoms with Gasteiger partial charge in [-0.05, 0) is 56.7 Å². The third-order valence-electron chi connectivity index (χ3n) is 5.82. The number of nitrogens with zero attached hydrogens (tertiary/aromatic N) is 2. The number of Topliss-reactive ketones (excluding diaryl/α,β-unsaturated/α-hetero) is 1. The second-order valence-corrected chi connectivity index (χ2v) is 7.71. The highest BCUT2D eigenvalue weighted by Crippen LogP contribution is 2.26. The Morgan fingerprint density at radius 2 is 1.71 bits per heavy atom. The molecule has 1 aliphatic heterocycles. The van der Waals surface area contributed by atoms with E-state index in [0.717, 1.165) is 54.0 Å². The van der Waals surface area contributed by atoms with E-state index in [2.05, 4.69) is 33.8 Å². The molecule has 4 nitrogen and oxygen atoms in total. The predicted octanol–water partition coefficient (Wildman–Crippen LogP) is 4.32. The van der Waals surface area contributed by atoms with Crippen LogP contribution in [0.15, 0.2) is 42.5 Å². The number of hydrogen-bond acceptors (Lipinski definition) is 3. The zero-order chi connectivity index (χ0) is 19.8. The van der Waals surface area contributed by atoms with Gasteiger partial charge in [0.25, 0.3) is 0 Å². The predicted molar refractivity (Wildman–Crippen MR) is 112 cm³/mol. The zero-order valence-electron chi connectivity index (χ0n) is 16.6. The van der Waals surface area contributed by atoms with Crippen molar-refractivity contribution in [2.45, 2.75) is 26.8 Å². The van der Waals surface area contributed by atoms with Crippen molar-refractivity contribution in [1.29, 1.82) is 0 Å². The molecule has 2 heterocycles. The van der Waals surface area contributed by atoms with E-state index in [1.165, 1.54) is 17.7 Å². The van der Waals surface area contributed by atoms with E-state index < -0.39 is 0 Å². The fourth-order valence-electron chi connectivity index (χ4n) is 4.16. The quantitative estimate of drug-likeness (QED) is 0.687. The van der Waals surface area contributed by atoms with Gasteiger partial charge < -0.3 is 9.88 Å². The summed E-state index contributed by atoms with van der Waals surface area (Å²) in [6, 6.07) is 12.6. The molecule has 2 aromatic carbocycles. The number of nitrogens with one attached hydrogen (secondary N) is 1. The highest BCUT2D eigenvalue weighted by molar-refractivity contribution is 6.11. The highest BCUT2D eigenvalue weighted by atomic mass is 19.1. The summed E-state index contributed by atoms with van der Waals surface area (Å²) >= 11 is 0. The molecule has 4 rings (SSSR count). The lowest BCUT2D eigenvalue weighted by atomic mass is 9.99. The fraction of sp³-hybridized carbons (Fsp3) is 0.348. The van der Waals surface area contributed by atoms with Gasteiger partial charge in [-0.2, -0.15) is 0 Å². The van der Waals surface area contributed by atoms with Crippen molar-refractivity contribution >= 4 is 22.4 Å². The molecular weight excluding hydrogens is 353 g/mol. The summed E-state index contributed by atoms with van der Waals surface area (Å²) in [6.07, 6.45) is 0. The van der Waals surface area contributed by atoms with Crippen LogP contribution in [0, 0.1) is 19.7 Å². The summed E-state index contributed by atoms with van der Waals surface area (Å²) in [5.41, 5.74) is 4.97. The lowest BCUT2D eigenvalue weighted by Gasteiger charge is -2.38. The van der Waals surface area contributed by atoms with E-state index in [9.17, 15) is 9.18 Å². The Balaban J connectivity index is 1.48. The molecule has 1 saturated heterocycles. The summed E-state index contributed by atoms with van der Waals surface area (Å²) in [5, 5.41) is 1.00. The van der Waals surface area contributed by atoms with Crippen LogP contribution < -0.4 is 4.90 Å². The van der Waals surface area contributed by atoms with Gasteiger partial charge in [0.15, 0.2) is 5.78 Å². The maximum absolute atomic E-state index is 13.3. The number of aromatic amines is 1. The molecule has 1 atom stereocenters. The Hall–Kier alpha value is -2.66. The number of hydrogen-bond donors (Lipinski definition) is 1. The smallest absolute Gasteiger partial charge is 0.182 e. The lowest BCUT2D eigenvalue weighted by Crippen LogP contribution is -2.51. The Morgan fingerprint density at radius 1 is 1.04 bits per heavy atom. The van der Waals surface area contributed by atoms with Gasteiger partial charge in [-0.3, -0.25) is 9.69 Å². The van der Waals surface area contributed by atoms with Gasteiger partial charge in [0.1, 0.15) is 5.82 Å². The number of benzene rings is 2. The van der Waals surface area contributed by atoms with Crippen molar-refractivity contribution in [3.63, 3.8) is 0 Å². The van der Waals surface area contributed by atoms with Crippen molar-refractivity contribution in [3.8, 4) is 0 Å². The maximum Gasteiger partial charge on any atom is 0.182 e. The summed E-state index contributed by atoms with van der Waals surface area (Å²) in [5.74, 6) is -0.0475. The topological polar surface area (TPSA) is 39.3 Å². The van der Waals surface area contributed by atoms with Crippen LogP contribution in [0.25, 0.3) is 10.9 Å². The van der Waals surface area contributed by atoms with E-state index >= 15 is 0 Å². The van der Waals surface area contributed by atoms with Gasteiger partial charge in [-0.1, -0.05) is 12.1 Å². The standard InChI is InChI=1S/C23H26FN3O/c1-15-4-9-20-21(14-15)25-16(2)22(20)23(28)17(3)26-10-12-27(13-11-26)19-7-5-18(24)6-8-19/h4-9,14,17,25H,10-13H2,1-3H3. The molecule has 0 saturated carbocycles. The molecule has 0 amide bonds. The zero-order valence-corrected chi connectivity index (χ0v) is 16.6. The molecule has 3 aromatic rings. The minimum Gasteiger partial charge on any atom is -0.369 e. The monoisotopic (exact) mass is 379 g/mol. The third-order valence-corrected chi connectivity index (χ3v) is 5.82. The minimum atomic E-state index is -0.217. The van der Waals surface area contributed by atoms with Gasteiger partial charge in [0.2, 0.25) is 0 Å². The van der Waals surface area contributed by atoms with Crippen molar-refractivity contribution in [3.05, 3.63) is 65.1 Å². The first-order chi connectivity index (χ1) is 13.4. The van der Waals surface area contributed by atoms with E-state index in [0.29, 0.717) is 0 Å². The second kappa shape index (κ2) is 7.40. The largest absolute Gasteiger partial charge is 0.369 e. The number of aryl methyl sites for hydroxylation is 2. The molecule has 0 radical (unpaired) electrons. The van der Waals surface area contributed by atoms with Gasteiger partial charge >= 0.3 is 0 Å². The molecule has 1 N–H and O–H groups in total. The summed E-state index contributed by atoms with van der Waals surface area (Å²) < 4.78 is 13.1. The van der Waals surface area contributed by atoms with E-state index in [1.54, 1.807) is 0 Å². The molecule has 1 fully saturated rings. The van der Waals surface area contributed by atoms with E-state index in [1.807, 2.05) is 32.0 Å². The first kappa shape index (κ1) is 18.7. The second-order valence-electron chi connectivity index (χ2n) is 7.71. The van der Waals surface area contributed by atoms with Crippen LogP contribution in [0.5, 0.6) is 0 Å². The summed E-state index contributed by atoms with van der Waals surface area (Å²) in [7, 11) is 0. The van der Waals surface area contributed by atoms with Gasteiger partial charge in [-0.15, -0.1) is 0 Å².